The van der Waals surface area contributed by atoms with Gasteiger partial charge in [0.15, 0.2) is 0 Å². The van der Waals surface area contributed by atoms with E-state index in [0.717, 1.165) is 15.6 Å². The Morgan fingerprint density at radius 2 is 1.90 bits per heavy atom. The number of ether oxygens (including phenoxy) is 1. The Hall–Kier alpha value is -1.69. The fourth-order valence-electron chi connectivity index (χ4n) is 1.80. The van der Waals surface area contributed by atoms with E-state index in [2.05, 4.69) is 26.0 Å². The summed E-state index contributed by atoms with van der Waals surface area (Å²) in [6.45, 7) is 2.48. The second-order valence-electron chi connectivity index (χ2n) is 4.52. The number of hydrogen-bond acceptors (Lipinski definition) is 2. The third-order valence-electron chi connectivity index (χ3n) is 2.76. The molecule has 2 rings (SSSR count). The summed E-state index contributed by atoms with van der Waals surface area (Å²) in [7, 11) is 0. The molecule has 0 spiro atoms. The van der Waals surface area contributed by atoms with E-state index in [1.54, 1.807) is 6.07 Å². The van der Waals surface area contributed by atoms with E-state index in [0.29, 0.717) is 12.2 Å². The molecule has 21 heavy (non-hydrogen) atoms. The summed E-state index contributed by atoms with van der Waals surface area (Å²) in [6, 6.07) is 11.7. The van der Waals surface area contributed by atoms with Gasteiger partial charge in [0.2, 0.25) is 0 Å². The number of aryl methyl sites for hydroxylation is 1. The van der Waals surface area contributed by atoms with Gasteiger partial charge in [-0.05, 0) is 36.2 Å². The summed E-state index contributed by atoms with van der Waals surface area (Å²) in [4.78, 5) is 0. The second-order valence-corrected chi connectivity index (χ2v) is 5.38. The summed E-state index contributed by atoms with van der Waals surface area (Å²) in [6.07, 6.45) is -4.68. The predicted octanol–water partition coefficient (Wildman–Crippen LogP) is 5.27. The summed E-state index contributed by atoms with van der Waals surface area (Å²) in [5, 5.41) is 3.07. The molecule has 0 aliphatic heterocycles. The van der Waals surface area contributed by atoms with Gasteiger partial charge in [-0.3, -0.25) is 0 Å². The van der Waals surface area contributed by atoms with Gasteiger partial charge >= 0.3 is 6.36 Å². The molecule has 0 aliphatic carbocycles. The van der Waals surface area contributed by atoms with E-state index < -0.39 is 6.36 Å². The third-order valence-corrected chi connectivity index (χ3v) is 3.50. The Balaban J connectivity index is 2.05. The van der Waals surface area contributed by atoms with Crippen LogP contribution in [0.2, 0.25) is 0 Å². The molecule has 0 saturated carbocycles. The van der Waals surface area contributed by atoms with Crippen molar-refractivity contribution >= 4 is 21.6 Å². The molecule has 0 aromatic heterocycles. The van der Waals surface area contributed by atoms with Crippen LogP contribution in [0.5, 0.6) is 5.75 Å². The summed E-state index contributed by atoms with van der Waals surface area (Å²) in [5.74, 6) is -0.240. The number of rotatable bonds is 4. The molecule has 0 bridgehead atoms. The van der Waals surface area contributed by atoms with Gasteiger partial charge in [0.05, 0.1) is 0 Å². The lowest BCUT2D eigenvalue weighted by Gasteiger charge is -2.12. The Kier molecular flexibility index (Phi) is 4.77. The molecule has 0 unspecified atom stereocenters. The van der Waals surface area contributed by atoms with Crippen LogP contribution >= 0.6 is 15.9 Å². The molecule has 0 amide bonds. The van der Waals surface area contributed by atoms with Crippen LogP contribution < -0.4 is 10.1 Å². The number of halogens is 4. The maximum Gasteiger partial charge on any atom is 0.573 e. The normalized spacial score (nSPS) is 11.3. The number of benzene rings is 2. The van der Waals surface area contributed by atoms with E-state index in [9.17, 15) is 13.2 Å². The van der Waals surface area contributed by atoms with Crippen molar-refractivity contribution < 1.29 is 17.9 Å². The first kappa shape index (κ1) is 15.7. The molecule has 2 aromatic rings. The first-order chi connectivity index (χ1) is 9.83. The average molecular weight is 360 g/mol. The molecule has 0 fully saturated rings. The number of nitrogens with one attached hydrogen (secondary N) is 1. The van der Waals surface area contributed by atoms with Crippen molar-refractivity contribution in [1.29, 1.82) is 0 Å². The Morgan fingerprint density at radius 3 is 2.57 bits per heavy atom. The van der Waals surface area contributed by atoms with Crippen LogP contribution in [0.15, 0.2) is 46.9 Å². The lowest BCUT2D eigenvalue weighted by atomic mass is 10.1. The molecule has 6 heteroatoms. The lowest BCUT2D eigenvalue weighted by Crippen LogP contribution is -2.17. The standard InChI is InChI=1S/C15H13BrF3NO/c1-10-5-6-11(14(16)7-10)9-20-12-3-2-4-13(8-12)21-15(17,18)19/h2-8,20H,9H2,1H3. The van der Waals surface area contributed by atoms with E-state index >= 15 is 0 Å². The van der Waals surface area contributed by atoms with Gasteiger partial charge in [-0.1, -0.05) is 34.1 Å². The average Bonchev–Trinajstić information content (AvgIpc) is 2.36. The molecule has 0 heterocycles. The largest absolute Gasteiger partial charge is 0.573 e. The first-order valence-corrected chi connectivity index (χ1v) is 6.97. The molecule has 0 saturated heterocycles. The molecular formula is C15H13BrF3NO. The summed E-state index contributed by atoms with van der Waals surface area (Å²) < 4.78 is 41.3. The molecule has 2 nitrogen and oxygen atoms in total. The van der Waals surface area contributed by atoms with Gasteiger partial charge in [-0.15, -0.1) is 13.2 Å². The monoisotopic (exact) mass is 359 g/mol. The van der Waals surface area contributed by atoms with Crippen LogP contribution in [-0.4, -0.2) is 6.36 Å². The third kappa shape index (κ3) is 4.97. The maximum atomic E-state index is 12.2. The van der Waals surface area contributed by atoms with Crippen molar-refractivity contribution in [2.75, 3.05) is 5.32 Å². The van der Waals surface area contributed by atoms with Gasteiger partial charge in [0, 0.05) is 22.8 Å². The Morgan fingerprint density at radius 1 is 1.14 bits per heavy atom. The quantitative estimate of drug-likeness (QED) is 0.802. The van der Waals surface area contributed by atoms with Crippen LogP contribution in [-0.2, 0) is 6.54 Å². The second kappa shape index (κ2) is 6.39. The Bertz CT molecular complexity index is 629. The van der Waals surface area contributed by atoms with Crippen LogP contribution in [0.25, 0.3) is 0 Å². The van der Waals surface area contributed by atoms with Gasteiger partial charge in [0.25, 0.3) is 0 Å². The highest BCUT2D eigenvalue weighted by atomic mass is 79.9. The Labute approximate surface area is 129 Å². The molecule has 1 N–H and O–H groups in total. The van der Waals surface area contributed by atoms with Crippen LogP contribution in [0.1, 0.15) is 11.1 Å². The minimum absolute atomic E-state index is 0.240. The molecule has 112 valence electrons. The van der Waals surface area contributed by atoms with Gasteiger partial charge in [-0.25, -0.2) is 0 Å². The molecule has 0 radical (unpaired) electrons. The number of anilines is 1. The lowest BCUT2D eigenvalue weighted by molar-refractivity contribution is -0.274. The predicted molar refractivity (Wildman–Crippen MR) is 79.3 cm³/mol. The van der Waals surface area contributed by atoms with Crippen molar-refractivity contribution in [3.05, 3.63) is 58.1 Å². The van der Waals surface area contributed by atoms with Crippen molar-refractivity contribution in [2.45, 2.75) is 19.8 Å². The topological polar surface area (TPSA) is 21.3 Å². The smallest absolute Gasteiger partial charge is 0.406 e. The number of hydrogen-bond donors (Lipinski definition) is 1. The minimum atomic E-state index is -4.68. The van der Waals surface area contributed by atoms with Crippen molar-refractivity contribution in [2.24, 2.45) is 0 Å². The highest BCUT2D eigenvalue weighted by Crippen LogP contribution is 2.26. The van der Waals surface area contributed by atoms with Gasteiger partial charge < -0.3 is 10.1 Å². The van der Waals surface area contributed by atoms with E-state index in [1.165, 1.54) is 18.2 Å². The number of alkyl halides is 3. The van der Waals surface area contributed by atoms with Crippen LogP contribution in [0.3, 0.4) is 0 Å². The molecule has 0 aliphatic rings. The van der Waals surface area contributed by atoms with E-state index in [4.69, 9.17) is 0 Å². The highest BCUT2D eigenvalue weighted by Gasteiger charge is 2.31. The zero-order valence-corrected chi connectivity index (χ0v) is 12.8. The minimum Gasteiger partial charge on any atom is -0.406 e. The SMILES string of the molecule is Cc1ccc(CNc2cccc(OC(F)(F)F)c2)c(Br)c1. The highest BCUT2D eigenvalue weighted by molar-refractivity contribution is 9.10. The van der Waals surface area contributed by atoms with Crippen LogP contribution in [0.4, 0.5) is 18.9 Å². The summed E-state index contributed by atoms with van der Waals surface area (Å²) >= 11 is 3.46. The first-order valence-electron chi connectivity index (χ1n) is 6.18. The van der Waals surface area contributed by atoms with Crippen molar-refractivity contribution in [3.8, 4) is 5.75 Å². The zero-order valence-electron chi connectivity index (χ0n) is 11.2. The summed E-state index contributed by atoms with van der Waals surface area (Å²) in [5.41, 5.74) is 2.71. The fourth-order valence-corrected chi connectivity index (χ4v) is 2.43. The van der Waals surface area contributed by atoms with E-state index in [-0.39, 0.29) is 5.75 Å². The molecule has 0 atom stereocenters. The van der Waals surface area contributed by atoms with E-state index in [1.807, 2.05) is 25.1 Å². The van der Waals surface area contributed by atoms with Crippen molar-refractivity contribution in [3.63, 3.8) is 0 Å². The molecule has 2 aromatic carbocycles. The maximum absolute atomic E-state index is 12.2. The van der Waals surface area contributed by atoms with Gasteiger partial charge in [0.1, 0.15) is 5.75 Å². The fraction of sp³-hybridized carbons (Fsp3) is 0.200. The van der Waals surface area contributed by atoms with Crippen molar-refractivity contribution in [1.82, 2.24) is 0 Å². The zero-order chi connectivity index (χ0) is 15.5. The molecular weight excluding hydrogens is 347 g/mol. The van der Waals surface area contributed by atoms with Gasteiger partial charge in [-0.2, -0.15) is 0 Å². The van der Waals surface area contributed by atoms with Crippen LogP contribution in [0, 0.1) is 6.92 Å².